The number of carbonyl (C=O) groups excluding carboxylic acids is 1. The van der Waals surface area contributed by atoms with Gasteiger partial charge in [0.2, 0.25) is 0 Å². The van der Waals surface area contributed by atoms with Crippen LogP contribution in [0.4, 0.5) is 0 Å². The highest BCUT2D eigenvalue weighted by molar-refractivity contribution is 6.02. The molecule has 1 aliphatic carbocycles. The van der Waals surface area contributed by atoms with Gasteiger partial charge in [-0.15, -0.1) is 0 Å². The molecule has 2 unspecified atom stereocenters. The predicted octanol–water partition coefficient (Wildman–Crippen LogP) is 4.72. The first-order chi connectivity index (χ1) is 9.70. The van der Waals surface area contributed by atoms with Crippen molar-refractivity contribution in [2.75, 3.05) is 0 Å². The Labute approximate surface area is 120 Å². The van der Waals surface area contributed by atoms with E-state index in [0.717, 1.165) is 18.4 Å². The van der Waals surface area contributed by atoms with Crippen LogP contribution in [0.15, 0.2) is 48.5 Å². The summed E-state index contributed by atoms with van der Waals surface area (Å²) in [4.78, 5) is 12.5. The molecule has 0 spiro atoms. The van der Waals surface area contributed by atoms with Gasteiger partial charge in [0.15, 0.2) is 5.78 Å². The smallest absolute Gasteiger partial charge is 0.170 e. The van der Waals surface area contributed by atoms with Gasteiger partial charge >= 0.3 is 0 Å². The van der Waals surface area contributed by atoms with E-state index in [9.17, 15) is 4.79 Å². The lowest BCUT2D eigenvalue weighted by atomic mass is 9.74. The quantitative estimate of drug-likeness (QED) is 0.730. The van der Waals surface area contributed by atoms with E-state index in [1.54, 1.807) is 0 Å². The summed E-state index contributed by atoms with van der Waals surface area (Å²) in [5.74, 6) is 0.892. The summed E-state index contributed by atoms with van der Waals surface area (Å²) >= 11 is 0. The summed E-state index contributed by atoms with van der Waals surface area (Å²) in [5.41, 5.74) is 4.69. The van der Waals surface area contributed by atoms with Gasteiger partial charge in [0.05, 0.1) is 5.92 Å². The standard InChI is InChI=1S/C19H20O/c1-3-13(2)14-8-10-15(11-9-14)19(20)18-12-16-6-4-5-7-17(16)18/h4-11,13,18H,3,12H2,1-2H3. The fourth-order valence-electron chi connectivity index (χ4n) is 2.91. The predicted molar refractivity (Wildman–Crippen MR) is 82.4 cm³/mol. The molecule has 3 rings (SSSR count). The summed E-state index contributed by atoms with van der Waals surface area (Å²) in [6.07, 6.45) is 2.02. The average Bonchev–Trinajstić information content (AvgIpc) is 2.47. The lowest BCUT2D eigenvalue weighted by Crippen LogP contribution is -2.25. The highest BCUT2D eigenvalue weighted by Gasteiger charge is 2.32. The molecular weight excluding hydrogens is 244 g/mol. The third-order valence-corrected chi connectivity index (χ3v) is 4.55. The number of Topliss-reactive ketones (excluding diaryl/α,β-unsaturated/α-hetero) is 1. The van der Waals surface area contributed by atoms with Gasteiger partial charge in [0, 0.05) is 5.56 Å². The van der Waals surface area contributed by atoms with Gasteiger partial charge in [0.25, 0.3) is 0 Å². The number of hydrogen-bond acceptors (Lipinski definition) is 1. The van der Waals surface area contributed by atoms with Crippen LogP contribution in [-0.2, 0) is 6.42 Å². The minimum Gasteiger partial charge on any atom is -0.293 e. The van der Waals surface area contributed by atoms with Gasteiger partial charge in [-0.1, -0.05) is 62.4 Å². The Morgan fingerprint density at radius 1 is 1.15 bits per heavy atom. The molecule has 102 valence electrons. The molecule has 0 saturated carbocycles. The molecule has 20 heavy (non-hydrogen) atoms. The van der Waals surface area contributed by atoms with Crippen LogP contribution in [0.5, 0.6) is 0 Å². The molecule has 0 heterocycles. The molecule has 2 aromatic carbocycles. The maximum atomic E-state index is 12.5. The lowest BCUT2D eigenvalue weighted by Gasteiger charge is -2.28. The van der Waals surface area contributed by atoms with Crippen molar-refractivity contribution < 1.29 is 4.79 Å². The second-order valence-electron chi connectivity index (χ2n) is 5.75. The number of fused-ring (bicyclic) bond motifs is 1. The highest BCUT2D eigenvalue weighted by atomic mass is 16.1. The minimum atomic E-state index is 0.0700. The molecule has 0 N–H and O–H groups in total. The fraction of sp³-hybridized carbons (Fsp3) is 0.316. The van der Waals surface area contributed by atoms with Crippen molar-refractivity contribution >= 4 is 5.78 Å². The topological polar surface area (TPSA) is 17.1 Å². The van der Waals surface area contributed by atoms with Gasteiger partial charge in [0.1, 0.15) is 0 Å². The van der Waals surface area contributed by atoms with E-state index >= 15 is 0 Å². The van der Waals surface area contributed by atoms with E-state index < -0.39 is 0 Å². The van der Waals surface area contributed by atoms with E-state index in [4.69, 9.17) is 0 Å². The van der Waals surface area contributed by atoms with Crippen molar-refractivity contribution in [1.29, 1.82) is 0 Å². The Morgan fingerprint density at radius 3 is 2.50 bits per heavy atom. The van der Waals surface area contributed by atoms with Gasteiger partial charge in [-0.25, -0.2) is 0 Å². The molecule has 0 radical (unpaired) electrons. The fourth-order valence-corrected chi connectivity index (χ4v) is 2.91. The molecule has 0 aromatic heterocycles. The average molecular weight is 264 g/mol. The van der Waals surface area contributed by atoms with E-state index in [2.05, 4.69) is 38.1 Å². The van der Waals surface area contributed by atoms with Crippen LogP contribution in [0.3, 0.4) is 0 Å². The van der Waals surface area contributed by atoms with Crippen molar-refractivity contribution in [1.82, 2.24) is 0 Å². The maximum Gasteiger partial charge on any atom is 0.170 e. The second-order valence-corrected chi connectivity index (χ2v) is 5.75. The zero-order chi connectivity index (χ0) is 14.1. The molecule has 0 bridgehead atoms. The third kappa shape index (κ3) is 2.18. The van der Waals surface area contributed by atoms with Crippen molar-refractivity contribution in [3.63, 3.8) is 0 Å². The van der Waals surface area contributed by atoms with Crippen LogP contribution >= 0.6 is 0 Å². The molecule has 1 nitrogen and oxygen atoms in total. The SMILES string of the molecule is CCC(C)c1ccc(C(=O)C2Cc3ccccc32)cc1. The summed E-state index contributed by atoms with van der Waals surface area (Å²) in [7, 11) is 0. The summed E-state index contributed by atoms with van der Waals surface area (Å²) in [6, 6.07) is 16.4. The lowest BCUT2D eigenvalue weighted by molar-refractivity contribution is 0.0949. The zero-order valence-corrected chi connectivity index (χ0v) is 12.1. The first-order valence-electron chi connectivity index (χ1n) is 7.42. The molecule has 2 atom stereocenters. The summed E-state index contributed by atoms with van der Waals surface area (Å²) < 4.78 is 0. The Morgan fingerprint density at radius 2 is 1.85 bits per heavy atom. The van der Waals surface area contributed by atoms with Crippen LogP contribution in [0.2, 0.25) is 0 Å². The minimum absolute atomic E-state index is 0.0700. The number of hydrogen-bond donors (Lipinski definition) is 0. The van der Waals surface area contributed by atoms with E-state index in [1.165, 1.54) is 16.7 Å². The highest BCUT2D eigenvalue weighted by Crippen LogP contribution is 2.37. The molecule has 0 fully saturated rings. The Balaban J connectivity index is 1.79. The maximum absolute atomic E-state index is 12.5. The van der Waals surface area contributed by atoms with Crippen molar-refractivity contribution in [3.05, 3.63) is 70.8 Å². The van der Waals surface area contributed by atoms with Gasteiger partial charge in [-0.3, -0.25) is 4.79 Å². The molecule has 2 aromatic rings. The van der Waals surface area contributed by atoms with E-state index in [0.29, 0.717) is 5.92 Å². The monoisotopic (exact) mass is 264 g/mol. The van der Waals surface area contributed by atoms with Crippen molar-refractivity contribution in [2.45, 2.75) is 38.5 Å². The Hall–Kier alpha value is -1.89. The number of benzene rings is 2. The summed E-state index contributed by atoms with van der Waals surface area (Å²) in [5, 5.41) is 0. The molecule has 0 aliphatic heterocycles. The normalized spacial score (nSPS) is 18.0. The first-order valence-corrected chi connectivity index (χ1v) is 7.42. The van der Waals surface area contributed by atoms with Crippen LogP contribution in [0, 0.1) is 0 Å². The van der Waals surface area contributed by atoms with Gasteiger partial charge in [-0.05, 0) is 35.4 Å². The van der Waals surface area contributed by atoms with Gasteiger partial charge in [-0.2, -0.15) is 0 Å². The molecule has 0 saturated heterocycles. The van der Waals surface area contributed by atoms with Crippen molar-refractivity contribution in [2.24, 2.45) is 0 Å². The molecule has 1 aliphatic rings. The number of ketones is 1. The molecular formula is C19H20O. The second kappa shape index (κ2) is 5.24. The molecule has 0 amide bonds. The number of rotatable bonds is 4. The summed E-state index contributed by atoms with van der Waals surface area (Å²) in [6.45, 7) is 4.41. The van der Waals surface area contributed by atoms with Crippen LogP contribution < -0.4 is 0 Å². The van der Waals surface area contributed by atoms with E-state index in [-0.39, 0.29) is 11.7 Å². The van der Waals surface area contributed by atoms with Crippen LogP contribution in [0.1, 0.15) is 59.2 Å². The third-order valence-electron chi connectivity index (χ3n) is 4.55. The largest absolute Gasteiger partial charge is 0.293 e. The number of carbonyl (C=O) groups is 1. The molecule has 1 heteroatoms. The first kappa shape index (κ1) is 13.1. The van der Waals surface area contributed by atoms with Crippen LogP contribution in [0.25, 0.3) is 0 Å². The van der Waals surface area contributed by atoms with Gasteiger partial charge < -0.3 is 0 Å². The zero-order valence-electron chi connectivity index (χ0n) is 12.1. The van der Waals surface area contributed by atoms with E-state index in [1.807, 2.05) is 24.3 Å². The Kier molecular flexibility index (Phi) is 3.43. The van der Waals surface area contributed by atoms with Crippen molar-refractivity contribution in [3.8, 4) is 0 Å². The Bertz CT molecular complexity index is 624. The van der Waals surface area contributed by atoms with Crippen LogP contribution in [-0.4, -0.2) is 5.78 Å².